The van der Waals surface area contributed by atoms with Crippen LogP contribution in [0.3, 0.4) is 0 Å². The second-order valence-corrected chi connectivity index (χ2v) is 5.14. The number of aryl methyl sites for hydroxylation is 1. The Morgan fingerprint density at radius 1 is 1.47 bits per heavy atom. The number of nitrogens with zero attached hydrogens (tertiary/aromatic N) is 3. The minimum absolute atomic E-state index is 0.299. The SMILES string of the molecule is Cc1cc(F)ccc1-n1nc(C2CC2)c(C#N)c1Cl. The van der Waals surface area contributed by atoms with Gasteiger partial charge in [-0.05, 0) is 43.5 Å². The molecule has 1 aliphatic carbocycles. The monoisotopic (exact) mass is 275 g/mol. The van der Waals surface area contributed by atoms with Crippen LogP contribution in [0.2, 0.25) is 5.15 Å². The lowest BCUT2D eigenvalue weighted by Crippen LogP contribution is -2.00. The van der Waals surface area contributed by atoms with E-state index in [4.69, 9.17) is 11.6 Å². The first-order valence-electron chi connectivity index (χ1n) is 6.07. The molecule has 3 nitrogen and oxygen atoms in total. The Morgan fingerprint density at radius 3 is 2.79 bits per heavy atom. The average molecular weight is 276 g/mol. The molecular formula is C14H11ClFN3. The molecular weight excluding hydrogens is 265 g/mol. The molecule has 0 spiro atoms. The lowest BCUT2D eigenvalue weighted by Gasteiger charge is -2.06. The van der Waals surface area contributed by atoms with Gasteiger partial charge in [0.05, 0.1) is 11.4 Å². The molecule has 0 bridgehead atoms. The van der Waals surface area contributed by atoms with Crippen LogP contribution in [0.15, 0.2) is 18.2 Å². The van der Waals surface area contributed by atoms with Gasteiger partial charge in [0.15, 0.2) is 5.15 Å². The molecule has 0 atom stereocenters. The van der Waals surface area contributed by atoms with Crippen molar-refractivity contribution < 1.29 is 4.39 Å². The minimum Gasteiger partial charge on any atom is -0.220 e. The molecule has 1 aromatic carbocycles. The quantitative estimate of drug-likeness (QED) is 0.838. The smallest absolute Gasteiger partial charge is 0.150 e. The Balaban J connectivity index is 2.18. The highest BCUT2D eigenvalue weighted by molar-refractivity contribution is 6.31. The number of aromatic nitrogens is 2. The summed E-state index contributed by atoms with van der Waals surface area (Å²) in [6.45, 7) is 1.79. The highest BCUT2D eigenvalue weighted by Gasteiger charge is 2.32. The third-order valence-electron chi connectivity index (χ3n) is 3.32. The van der Waals surface area contributed by atoms with Crippen molar-refractivity contribution in [1.82, 2.24) is 9.78 Å². The summed E-state index contributed by atoms with van der Waals surface area (Å²) in [5.41, 5.74) is 2.63. The van der Waals surface area contributed by atoms with Gasteiger partial charge in [0.2, 0.25) is 0 Å². The van der Waals surface area contributed by atoms with Crippen LogP contribution >= 0.6 is 11.6 Å². The molecule has 0 amide bonds. The van der Waals surface area contributed by atoms with Crippen molar-refractivity contribution in [2.24, 2.45) is 0 Å². The van der Waals surface area contributed by atoms with E-state index in [1.807, 2.05) is 0 Å². The van der Waals surface area contributed by atoms with Gasteiger partial charge in [-0.2, -0.15) is 10.4 Å². The van der Waals surface area contributed by atoms with Crippen molar-refractivity contribution in [3.63, 3.8) is 0 Å². The van der Waals surface area contributed by atoms with Gasteiger partial charge >= 0.3 is 0 Å². The molecule has 19 heavy (non-hydrogen) atoms. The molecule has 0 N–H and O–H groups in total. The van der Waals surface area contributed by atoms with E-state index in [2.05, 4.69) is 11.2 Å². The first kappa shape index (κ1) is 12.2. The van der Waals surface area contributed by atoms with Gasteiger partial charge in [-0.1, -0.05) is 11.6 Å². The maximum atomic E-state index is 13.1. The van der Waals surface area contributed by atoms with E-state index >= 15 is 0 Å². The number of rotatable bonds is 2. The normalized spacial score (nSPS) is 14.4. The van der Waals surface area contributed by atoms with Gasteiger partial charge < -0.3 is 0 Å². The first-order valence-corrected chi connectivity index (χ1v) is 6.44. The van der Waals surface area contributed by atoms with E-state index in [0.29, 0.717) is 22.3 Å². The zero-order valence-electron chi connectivity index (χ0n) is 10.3. The van der Waals surface area contributed by atoms with E-state index in [1.54, 1.807) is 13.0 Å². The fourth-order valence-corrected chi connectivity index (χ4v) is 2.44. The molecule has 1 aromatic heterocycles. The first-order chi connectivity index (χ1) is 9.11. The summed E-state index contributed by atoms with van der Waals surface area (Å²) in [4.78, 5) is 0. The third kappa shape index (κ3) is 2.00. The maximum Gasteiger partial charge on any atom is 0.150 e. The maximum absolute atomic E-state index is 13.1. The average Bonchev–Trinajstić information content (AvgIpc) is 3.15. The minimum atomic E-state index is -0.299. The van der Waals surface area contributed by atoms with Crippen molar-refractivity contribution in [2.45, 2.75) is 25.7 Å². The Kier molecular flexibility index (Phi) is 2.79. The van der Waals surface area contributed by atoms with Crippen LogP contribution in [0.1, 0.15) is 35.6 Å². The van der Waals surface area contributed by atoms with E-state index in [1.165, 1.54) is 16.8 Å². The lowest BCUT2D eigenvalue weighted by atomic mass is 10.2. The summed E-state index contributed by atoms with van der Waals surface area (Å²) in [7, 11) is 0. The van der Waals surface area contributed by atoms with Crippen molar-refractivity contribution in [3.8, 4) is 11.8 Å². The molecule has 0 saturated heterocycles. The Hall–Kier alpha value is -1.86. The summed E-state index contributed by atoms with van der Waals surface area (Å²) in [6, 6.07) is 6.53. The second-order valence-electron chi connectivity index (χ2n) is 4.78. The molecule has 3 rings (SSSR count). The largest absolute Gasteiger partial charge is 0.220 e. The fraction of sp³-hybridized carbons (Fsp3) is 0.286. The van der Waals surface area contributed by atoms with Gasteiger partial charge in [-0.15, -0.1) is 0 Å². The van der Waals surface area contributed by atoms with Crippen LogP contribution in [0.25, 0.3) is 5.69 Å². The number of hydrogen-bond acceptors (Lipinski definition) is 2. The van der Waals surface area contributed by atoms with E-state index in [0.717, 1.165) is 24.1 Å². The van der Waals surface area contributed by atoms with Gasteiger partial charge in [0.1, 0.15) is 17.4 Å². The predicted molar refractivity (Wildman–Crippen MR) is 70.0 cm³/mol. The molecule has 2 aromatic rings. The zero-order valence-corrected chi connectivity index (χ0v) is 11.1. The molecule has 1 aliphatic rings. The summed E-state index contributed by atoms with van der Waals surface area (Å²) in [5, 5.41) is 13.9. The van der Waals surface area contributed by atoms with Crippen LogP contribution in [-0.4, -0.2) is 9.78 Å². The van der Waals surface area contributed by atoms with Gasteiger partial charge in [-0.3, -0.25) is 0 Å². The van der Waals surface area contributed by atoms with E-state index in [9.17, 15) is 9.65 Å². The molecule has 0 unspecified atom stereocenters. The summed E-state index contributed by atoms with van der Waals surface area (Å²) in [5.74, 6) is 0.0432. The van der Waals surface area contributed by atoms with Crippen LogP contribution in [0.5, 0.6) is 0 Å². The van der Waals surface area contributed by atoms with Gasteiger partial charge in [0, 0.05) is 5.92 Å². The zero-order chi connectivity index (χ0) is 13.6. The topological polar surface area (TPSA) is 41.6 Å². The van der Waals surface area contributed by atoms with Crippen LogP contribution in [0.4, 0.5) is 4.39 Å². The molecule has 0 radical (unpaired) electrons. The number of benzene rings is 1. The number of nitriles is 1. The van der Waals surface area contributed by atoms with Gasteiger partial charge in [0.25, 0.3) is 0 Å². The lowest BCUT2D eigenvalue weighted by molar-refractivity contribution is 0.625. The van der Waals surface area contributed by atoms with E-state index in [-0.39, 0.29) is 5.82 Å². The van der Waals surface area contributed by atoms with Crippen molar-refractivity contribution >= 4 is 11.6 Å². The van der Waals surface area contributed by atoms with E-state index < -0.39 is 0 Å². The molecule has 5 heteroatoms. The van der Waals surface area contributed by atoms with Crippen LogP contribution in [-0.2, 0) is 0 Å². The van der Waals surface area contributed by atoms with Crippen molar-refractivity contribution in [3.05, 3.63) is 46.0 Å². The standard InChI is InChI=1S/C14H11ClFN3/c1-8-6-10(16)4-5-12(8)19-14(15)11(7-17)13(18-19)9-2-3-9/h4-6,9H,2-3H2,1H3. The van der Waals surface area contributed by atoms with Crippen molar-refractivity contribution in [1.29, 1.82) is 5.26 Å². The van der Waals surface area contributed by atoms with Crippen molar-refractivity contribution in [2.75, 3.05) is 0 Å². The molecule has 0 aliphatic heterocycles. The molecule has 1 saturated carbocycles. The molecule has 1 fully saturated rings. The Bertz CT molecular complexity index is 695. The second kappa shape index (κ2) is 4.36. The molecule has 96 valence electrons. The Labute approximate surface area is 115 Å². The van der Waals surface area contributed by atoms with Crippen LogP contribution in [0, 0.1) is 24.1 Å². The fourth-order valence-electron chi connectivity index (χ4n) is 2.18. The summed E-state index contributed by atoms with van der Waals surface area (Å²) < 4.78 is 14.7. The highest BCUT2D eigenvalue weighted by atomic mass is 35.5. The molecule has 1 heterocycles. The predicted octanol–water partition coefficient (Wildman–Crippen LogP) is 3.72. The highest BCUT2D eigenvalue weighted by Crippen LogP contribution is 2.42. The Morgan fingerprint density at radius 2 is 2.21 bits per heavy atom. The van der Waals surface area contributed by atoms with Gasteiger partial charge in [-0.25, -0.2) is 9.07 Å². The number of halogens is 2. The third-order valence-corrected chi connectivity index (χ3v) is 3.67. The summed E-state index contributed by atoms with van der Waals surface area (Å²) >= 11 is 6.23. The summed E-state index contributed by atoms with van der Waals surface area (Å²) in [6.07, 6.45) is 2.09. The number of hydrogen-bond donors (Lipinski definition) is 0. The van der Waals surface area contributed by atoms with Crippen LogP contribution < -0.4 is 0 Å².